The van der Waals surface area contributed by atoms with Crippen molar-refractivity contribution in [2.75, 3.05) is 0 Å². The Kier molecular flexibility index (Phi) is 7.54. The summed E-state index contributed by atoms with van der Waals surface area (Å²) in [5.41, 5.74) is 14.6. The second-order valence-corrected chi connectivity index (χ2v) is 15.3. The van der Waals surface area contributed by atoms with Gasteiger partial charge in [-0.05, 0) is 96.9 Å². The van der Waals surface area contributed by atoms with Gasteiger partial charge in [-0.15, -0.1) is 0 Å². The third kappa shape index (κ3) is 5.59. The molecule has 0 atom stereocenters. The molecule has 0 bridgehead atoms. The van der Waals surface area contributed by atoms with Gasteiger partial charge in [0.15, 0.2) is 0 Å². The highest BCUT2D eigenvalue weighted by Crippen LogP contribution is 2.41. The summed E-state index contributed by atoms with van der Waals surface area (Å²) in [5.74, 6) is 0. The molecule has 0 amide bonds. The van der Waals surface area contributed by atoms with Crippen molar-refractivity contribution in [2.24, 2.45) is 0 Å². The second kappa shape index (κ2) is 13.4. The molecule has 0 spiro atoms. The highest BCUT2D eigenvalue weighted by molar-refractivity contribution is 6.24. The van der Waals surface area contributed by atoms with Crippen LogP contribution in [0.5, 0.6) is 0 Å². The minimum Gasteiger partial charge on any atom is -0.455 e. The zero-order chi connectivity index (χ0) is 38.9. The monoisotopic (exact) mass is 750 g/mol. The van der Waals surface area contributed by atoms with Crippen LogP contribution in [0.15, 0.2) is 211 Å². The minimum atomic E-state index is 0.837. The van der Waals surface area contributed by atoms with E-state index in [1.165, 1.54) is 38.4 Å². The lowest BCUT2D eigenvalue weighted by molar-refractivity contribution is 0.670. The Morgan fingerprint density at radius 3 is 1.56 bits per heavy atom. The first kappa shape index (κ1) is 33.3. The van der Waals surface area contributed by atoms with Crippen LogP contribution in [0.4, 0.5) is 0 Å². The third-order valence-corrected chi connectivity index (χ3v) is 11.9. The number of fused-ring (bicyclic) bond motifs is 10. The Morgan fingerprint density at radius 2 is 0.864 bits per heavy atom. The topological polar surface area (TPSA) is 38.9 Å². The number of hydrogen-bond donors (Lipinski definition) is 0. The van der Waals surface area contributed by atoms with Gasteiger partial charge < -0.3 is 4.42 Å². The van der Waals surface area contributed by atoms with Gasteiger partial charge in [0.05, 0.1) is 22.9 Å². The van der Waals surface area contributed by atoms with Gasteiger partial charge in [-0.1, -0.05) is 164 Å². The normalized spacial score (nSPS) is 11.7. The minimum absolute atomic E-state index is 0.837. The molecule has 0 N–H and O–H groups in total. The van der Waals surface area contributed by atoms with Crippen LogP contribution in [0.2, 0.25) is 0 Å². The summed E-state index contributed by atoms with van der Waals surface area (Å²) in [6.07, 6.45) is 1.93. The molecular formula is C56H34N2O. The molecule has 0 radical (unpaired) electrons. The molecule has 3 nitrogen and oxygen atoms in total. The van der Waals surface area contributed by atoms with Crippen molar-refractivity contribution in [3.63, 3.8) is 0 Å². The molecule has 12 rings (SSSR count). The average molecular weight is 751 g/mol. The van der Waals surface area contributed by atoms with E-state index in [9.17, 15) is 0 Å². The summed E-state index contributed by atoms with van der Waals surface area (Å²) in [6, 6.07) is 71.3. The summed E-state index contributed by atoms with van der Waals surface area (Å²) in [5, 5.41) is 9.16. The molecule has 3 heteroatoms. The fourth-order valence-electron chi connectivity index (χ4n) is 8.92. The van der Waals surface area contributed by atoms with Gasteiger partial charge in [-0.2, -0.15) is 0 Å². The summed E-state index contributed by atoms with van der Waals surface area (Å²) in [4.78, 5) is 10.6. The number of para-hydroxylation sites is 1. The Balaban J connectivity index is 0.973. The van der Waals surface area contributed by atoms with Crippen LogP contribution >= 0.6 is 0 Å². The van der Waals surface area contributed by atoms with Gasteiger partial charge in [0, 0.05) is 32.7 Å². The number of benzene rings is 10. The van der Waals surface area contributed by atoms with Gasteiger partial charge in [0.1, 0.15) is 11.2 Å². The summed E-state index contributed by atoms with van der Waals surface area (Å²) in [6.45, 7) is 0. The van der Waals surface area contributed by atoms with E-state index in [4.69, 9.17) is 14.4 Å². The largest absolute Gasteiger partial charge is 0.455 e. The van der Waals surface area contributed by atoms with Gasteiger partial charge in [0.25, 0.3) is 0 Å². The highest BCUT2D eigenvalue weighted by atomic mass is 16.3. The van der Waals surface area contributed by atoms with Crippen molar-refractivity contribution in [1.29, 1.82) is 0 Å². The van der Waals surface area contributed by atoms with Gasteiger partial charge in [-0.25, -0.2) is 4.98 Å². The smallest absolute Gasteiger partial charge is 0.143 e. The van der Waals surface area contributed by atoms with Gasteiger partial charge in [-0.3, -0.25) is 4.98 Å². The summed E-state index contributed by atoms with van der Waals surface area (Å²) < 4.78 is 6.60. The maximum atomic E-state index is 6.60. The number of furan rings is 1. The molecule has 0 aliphatic carbocycles. The summed E-state index contributed by atoms with van der Waals surface area (Å²) >= 11 is 0. The fourth-order valence-corrected chi connectivity index (χ4v) is 8.92. The van der Waals surface area contributed by atoms with E-state index in [1.807, 2.05) is 6.20 Å². The first-order valence-electron chi connectivity index (χ1n) is 20.0. The first-order valence-corrected chi connectivity index (χ1v) is 20.0. The van der Waals surface area contributed by atoms with Crippen LogP contribution in [-0.4, -0.2) is 9.97 Å². The van der Waals surface area contributed by atoms with E-state index in [1.54, 1.807) is 0 Å². The van der Waals surface area contributed by atoms with Crippen LogP contribution in [0.1, 0.15) is 0 Å². The van der Waals surface area contributed by atoms with Crippen LogP contribution in [0.3, 0.4) is 0 Å². The molecule has 2 aromatic heterocycles. The van der Waals surface area contributed by atoms with Crippen molar-refractivity contribution in [1.82, 2.24) is 9.97 Å². The highest BCUT2D eigenvalue weighted by Gasteiger charge is 2.17. The summed E-state index contributed by atoms with van der Waals surface area (Å²) in [7, 11) is 0. The Hall–Kier alpha value is -7.88. The maximum Gasteiger partial charge on any atom is 0.143 e. The molecule has 0 fully saturated rings. The first-order chi connectivity index (χ1) is 29.2. The zero-order valence-electron chi connectivity index (χ0n) is 31.9. The third-order valence-electron chi connectivity index (χ3n) is 11.9. The van der Waals surface area contributed by atoms with Gasteiger partial charge in [0.2, 0.25) is 0 Å². The maximum absolute atomic E-state index is 6.60. The molecule has 10 aromatic carbocycles. The van der Waals surface area contributed by atoms with Crippen molar-refractivity contribution in [3.8, 4) is 55.8 Å². The molecule has 2 heterocycles. The molecule has 274 valence electrons. The molecule has 59 heavy (non-hydrogen) atoms. The van der Waals surface area contributed by atoms with Crippen LogP contribution in [0.25, 0.3) is 121 Å². The number of hydrogen-bond acceptors (Lipinski definition) is 3. The van der Waals surface area contributed by atoms with E-state index in [-0.39, 0.29) is 0 Å². The lowest BCUT2D eigenvalue weighted by Crippen LogP contribution is -1.93. The van der Waals surface area contributed by atoms with Gasteiger partial charge >= 0.3 is 0 Å². The van der Waals surface area contributed by atoms with E-state index in [2.05, 4.69) is 200 Å². The molecule has 0 aliphatic rings. The number of nitrogens with zero attached hydrogens (tertiary/aromatic N) is 2. The standard InChI is InChI=1S/C56H34N2O/c1-3-12-35(13-4-1)41-24-26-46-49(30-41)50-31-42(36-14-5-2-6-15-36)25-27-47(50)55-54(46)57-34-52(58-55)44-21-10-19-38(29-44)37-18-9-20-43(28-37)45-22-11-23-48-51-32-39-16-7-8-17-40(39)33-53(51)59-56(45)48/h1-34H. The van der Waals surface area contributed by atoms with Crippen molar-refractivity contribution < 1.29 is 4.42 Å². The van der Waals surface area contributed by atoms with E-state index in [0.717, 1.165) is 82.6 Å². The van der Waals surface area contributed by atoms with Crippen LogP contribution in [0, 0.1) is 0 Å². The predicted octanol–water partition coefficient (Wildman–Crippen LogP) is 15.3. The molecule has 12 aromatic rings. The molecular weight excluding hydrogens is 717 g/mol. The second-order valence-electron chi connectivity index (χ2n) is 15.3. The lowest BCUT2D eigenvalue weighted by Gasteiger charge is -2.14. The Bertz CT molecular complexity index is 3610. The van der Waals surface area contributed by atoms with Crippen molar-refractivity contribution >= 4 is 65.3 Å². The van der Waals surface area contributed by atoms with Crippen molar-refractivity contribution in [2.45, 2.75) is 0 Å². The average Bonchev–Trinajstić information content (AvgIpc) is 3.68. The van der Waals surface area contributed by atoms with E-state index in [0.29, 0.717) is 0 Å². The zero-order valence-corrected chi connectivity index (χ0v) is 31.9. The van der Waals surface area contributed by atoms with E-state index >= 15 is 0 Å². The Morgan fingerprint density at radius 1 is 0.322 bits per heavy atom. The fraction of sp³-hybridized carbons (Fsp3) is 0. The number of rotatable bonds is 5. The SMILES string of the molecule is c1ccc(-c2ccc3c(c2)c2cc(-c4ccccc4)ccc2c2nc(-c4cccc(-c5cccc(-c6cccc7c6oc6cc8ccccc8cc67)c5)c4)cnc32)cc1. The molecule has 0 unspecified atom stereocenters. The molecule has 0 saturated heterocycles. The predicted molar refractivity (Wildman–Crippen MR) is 247 cm³/mol. The Labute approximate surface area is 340 Å². The number of aromatic nitrogens is 2. The van der Waals surface area contributed by atoms with Crippen LogP contribution < -0.4 is 0 Å². The molecule has 0 saturated carbocycles. The quantitative estimate of drug-likeness (QED) is 0.164. The lowest BCUT2D eigenvalue weighted by atomic mass is 9.93. The van der Waals surface area contributed by atoms with Crippen LogP contribution in [-0.2, 0) is 0 Å². The van der Waals surface area contributed by atoms with E-state index < -0.39 is 0 Å². The van der Waals surface area contributed by atoms with Crippen molar-refractivity contribution in [3.05, 3.63) is 206 Å². The molecule has 0 aliphatic heterocycles.